The number of hydrogen-bond donors (Lipinski definition) is 2. The van der Waals surface area contributed by atoms with Crippen LogP contribution < -0.4 is 10.6 Å². The first kappa shape index (κ1) is 13.3. The molecule has 2 N–H and O–H groups in total. The van der Waals surface area contributed by atoms with Crippen LogP contribution >= 0.6 is 0 Å². The Balaban J connectivity index is 1.50. The summed E-state index contributed by atoms with van der Waals surface area (Å²) in [5.41, 5.74) is 2.43. The van der Waals surface area contributed by atoms with Gasteiger partial charge in [-0.3, -0.25) is 14.9 Å². The minimum atomic E-state index is -0.208. The third-order valence-electron chi connectivity index (χ3n) is 4.37. The maximum absolute atomic E-state index is 12.1. The van der Waals surface area contributed by atoms with Gasteiger partial charge in [-0.2, -0.15) is 0 Å². The molecule has 1 aliphatic carbocycles. The fourth-order valence-electron chi connectivity index (χ4n) is 3.02. The lowest BCUT2D eigenvalue weighted by Gasteiger charge is -2.30. The molecule has 6 heteroatoms. The number of guanidine groups is 1. The van der Waals surface area contributed by atoms with Gasteiger partial charge in [-0.05, 0) is 24.0 Å². The van der Waals surface area contributed by atoms with E-state index in [0.717, 1.165) is 12.8 Å². The van der Waals surface area contributed by atoms with Crippen LogP contribution in [0.2, 0.25) is 0 Å². The van der Waals surface area contributed by atoms with Crippen LogP contribution in [0, 0.1) is 0 Å². The van der Waals surface area contributed by atoms with Crippen molar-refractivity contribution < 1.29 is 9.59 Å². The summed E-state index contributed by atoms with van der Waals surface area (Å²) in [5, 5.41) is 5.71. The molecule has 1 saturated heterocycles. The van der Waals surface area contributed by atoms with E-state index in [1.807, 2.05) is 17.0 Å². The summed E-state index contributed by atoms with van der Waals surface area (Å²) in [6.45, 7) is 0.722. The lowest BCUT2D eigenvalue weighted by Crippen LogP contribution is -2.41. The van der Waals surface area contributed by atoms with Crippen LogP contribution in [0.15, 0.2) is 29.3 Å². The molecule has 0 bridgehead atoms. The Morgan fingerprint density at radius 1 is 1.32 bits per heavy atom. The molecule has 4 rings (SSSR count). The number of carbonyl (C=O) groups excluding carboxylic acids is 2. The van der Waals surface area contributed by atoms with Gasteiger partial charge in [-0.15, -0.1) is 0 Å². The highest BCUT2D eigenvalue weighted by atomic mass is 16.2. The highest BCUT2D eigenvalue weighted by molar-refractivity contribution is 6.07. The minimum Gasteiger partial charge on any atom is -0.352 e. The summed E-state index contributed by atoms with van der Waals surface area (Å²) in [5.74, 6) is 0.413. The maximum Gasteiger partial charge on any atom is 0.249 e. The lowest BCUT2D eigenvalue weighted by molar-refractivity contribution is -0.122. The van der Waals surface area contributed by atoms with E-state index >= 15 is 0 Å². The lowest BCUT2D eigenvalue weighted by atomic mass is 9.95. The van der Waals surface area contributed by atoms with Gasteiger partial charge in [0.1, 0.15) is 12.6 Å². The number of nitrogens with one attached hydrogen (secondary N) is 2. The molecule has 6 nitrogen and oxygen atoms in total. The van der Waals surface area contributed by atoms with Crippen molar-refractivity contribution in [2.75, 3.05) is 6.54 Å². The highest BCUT2D eigenvalue weighted by Crippen LogP contribution is 2.26. The van der Waals surface area contributed by atoms with E-state index in [0.29, 0.717) is 25.0 Å². The van der Waals surface area contributed by atoms with Crippen molar-refractivity contribution in [3.05, 3.63) is 35.4 Å². The van der Waals surface area contributed by atoms with E-state index in [-0.39, 0.29) is 24.4 Å². The molecule has 2 fully saturated rings. The highest BCUT2D eigenvalue weighted by Gasteiger charge is 2.40. The Kier molecular flexibility index (Phi) is 3.10. The van der Waals surface area contributed by atoms with Crippen LogP contribution in [0.25, 0.3) is 0 Å². The molecule has 3 aliphatic rings. The van der Waals surface area contributed by atoms with Crippen LogP contribution in [0.3, 0.4) is 0 Å². The number of rotatable bonds is 3. The molecule has 1 unspecified atom stereocenters. The first-order valence-electron chi connectivity index (χ1n) is 7.69. The van der Waals surface area contributed by atoms with Gasteiger partial charge in [0, 0.05) is 19.0 Å². The van der Waals surface area contributed by atoms with Gasteiger partial charge in [-0.1, -0.05) is 24.3 Å². The molecule has 114 valence electrons. The van der Waals surface area contributed by atoms with Gasteiger partial charge in [-0.25, -0.2) is 4.99 Å². The first-order valence-corrected chi connectivity index (χ1v) is 7.69. The van der Waals surface area contributed by atoms with Crippen molar-refractivity contribution in [1.29, 1.82) is 0 Å². The number of fused-ring (bicyclic) bond motifs is 2. The zero-order valence-electron chi connectivity index (χ0n) is 12.2. The summed E-state index contributed by atoms with van der Waals surface area (Å²) >= 11 is 0. The Bertz CT molecular complexity index is 666. The average Bonchev–Trinajstić information content (AvgIpc) is 3.28. The largest absolute Gasteiger partial charge is 0.352 e. The smallest absolute Gasteiger partial charge is 0.249 e. The predicted octanol–water partition coefficient (Wildman–Crippen LogP) is 0.178. The van der Waals surface area contributed by atoms with Crippen LogP contribution in [-0.4, -0.2) is 41.3 Å². The maximum atomic E-state index is 12.1. The Hall–Kier alpha value is -2.37. The van der Waals surface area contributed by atoms with E-state index in [9.17, 15) is 9.59 Å². The molecular weight excluding hydrogens is 280 g/mol. The molecule has 0 radical (unpaired) electrons. The average molecular weight is 298 g/mol. The zero-order valence-corrected chi connectivity index (χ0v) is 12.2. The van der Waals surface area contributed by atoms with Crippen LogP contribution in [-0.2, 0) is 22.6 Å². The van der Waals surface area contributed by atoms with E-state index in [2.05, 4.69) is 27.8 Å². The molecule has 0 spiro atoms. The first-order chi connectivity index (χ1) is 10.7. The fraction of sp³-hybridized carbons (Fsp3) is 0.438. The normalized spacial score (nSPS) is 24.7. The van der Waals surface area contributed by atoms with Crippen LogP contribution in [0.4, 0.5) is 0 Å². The fourth-order valence-corrected chi connectivity index (χ4v) is 3.02. The number of hydrogen-bond acceptors (Lipinski definition) is 3. The van der Waals surface area contributed by atoms with Gasteiger partial charge in [0.05, 0.1) is 0 Å². The van der Waals surface area contributed by atoms with Crippen LogP contribution in [0.5, 0.6) is 0 Å². The monoisotopic (exact) mass is 298 g/mol. The predicted molar refractivity (Wildman–Crippen MR) is 81.1 cm³/mol. The van der Waals surface area contributed by atoms with Gasteiger partial charge >= 0.3 is 0 Å². The Morgan fingerprint density at radius 2 is 2.09 bits per heavy atom. The van der Waals surface area contributed by atoms with Gasteiger partial charge < -0.3 is 10.2 Å². The summed E-state index contributed by atoms with van der Waals surface area (Å²) in [7, 11) is 0. The number of aliphatic imine (C=N–C) groups is 1. The second-order valence-corrected chi connectivity index (χ2v) is 6.09. The van der Waals surface area contributed by atoms with Crippen molar-refractivity contribution in [1.82, 2.24) is 15.5 Å². The summed E-state index contributed by atoms with van der Waals surface area (Å²) < 4.78 is 0. The van der Waals surface area contributed by atoms with Crippen molar-refractivity contribution in [3.8, 4) is 0 Å². The quantitative estimate of drug-likeness (QED) is 0.836. The third-order valence-corrected chi connectivity index (χ3v) is 4.37. The molecule has 0 aromatic heterocycles. The second kappa shape index (κ2) is 5.12. The second-order valence-electron chi connectivity index (χ2n) is 6.09. The van der Waals surface area contributed by atoms with E-state index in [4.69, 9.17) is 0 Å². The van der Waals surface area contributed by atoms with E-state index in [1.165, 1.54) is 11.1 Å². The molecular formula is C16H18N4O2. The van der Waals surface area contributed by atoms with Crippen molar-refractivity contribution >= 4 is 17.8 Å². The standard InChI is InChI=1S/C16H18N4O2/c21-14(18-12-5-6-12)8-17-16-19-15(22)13-7-10-3-1-2-4-11(10)9-20(13)16/h1-4,12-13H,5-9H2,(H,18,21)(H,17,19,22). The van der Waals surface area contributed by atoms with E-state index < -0.39 is 0 Å². The SMILES string of the molecule is O=C(CN=C1NC(=O)C2Cc3ccccc3CN12)NC1CC1. The van der Waals surface area contributed by atoms with Crippen molar-refractivity contribution in [3.63, 3.8) is 0 Å². The molecule has 1 aromatic carbocycles. The molecule has 2 aliphatic heterocycles. The Labute approximate surface area is 128 Å². The summed E-state index contributed by atoms with van der Waals surface area (Å²) in [4.78, 5) is 30.1. The molecule has 1 atom stereocenters. The van der Waals surface area contributed by atoms with E-state index in [1.54, 1.807) is 0 Å². The van der Waals surface area contributed by atoms with Crippen LogP contribution in [0.1, 0.15) is 24.0 Å². The third kappa shape index (κ3) is 2.45. The van der Waals surface area contributed by atoms with Gasteiger partial charge in [0.15, 0.2) is 0 Å². The topological polar surface area (TPSA) is 73.8 Å². The molecule has 2 heterocycles. The van der Waals surface area contributed by atoms with Gasteiger partial charge in [0.2, 0.25) is 17.8 Å². The number of carbonyl (C=O) groups is 2. The molecule has 22 heavy (non-hydrogen) atoms. The molecule has 1 aromatic rings. The number of nitrogens with zero attached hydrogens (tertiary/aromatic N) is 2. The van der Waals surface area contributed by atoms with Crippen molar-refractivity contribution in [2.24, 2.45) is 4.99 Å². The summed E-state index contributed by atoms with van der Waals surface area (Å²) in [6, 6.07) is 8.27. The number of amides is 2. The van der Waals surface area contributed by atoms with Gasteiger partial charge in [0.25, 0.3) is 0 Å². The molecule has 1 saturated carbocycles. The minimum absolute atomic E-state index is 0.0316. The molecule has 2 amide bonds. The number of benzene rings is 1. The summed E-state index contributed by atoms with van der Waals surface area (Å²) in [6.07, 6.45) is 2.81. The zero-order chi connectivity index (χ0) is 15.1. The van der Waals surface area contributed by atoms with Crippen molar-refractivity contribution in [2.45, 2.75) is 37.9 Å². The Morgan fingerprint density at radius 3 is 2.86 bits per heavy atom.